The number of amides is 1. The van der Waals surface area contributed by atoms with E-state index in [4.69, 9.17) is 0 Å². The van der Waals surface area contributed by atoms with Crippen LogP contribution in [0, 0.1) is 5.92 Å². The summed E-state index contributed by atoms with van der Waals surface area (Å²) in [6.45, 7) is 2.26. The van der Waals surface area contributed by atoms with Crippen molar-refractivity contribution < 1.29 is 4.79 Å². The third-order valence-electron chi connectivity index (χ3n) is 4.73. The van der Waals surface area contributed by atoms with Crippen LogP contribution in [0.5, 0.6) is 0 Å². The zero-order valence-electron chi connectivity index (χ0n) is 13.7. The number of aromatic nitrogens is 2. The van der Waals surface area contributed by atoms with Crippen LogP contribution in [0.4, 0.5) is 0 Å². The second-order valence-electron chi connectivity index (χ2n) is 6.37. The van der Waals surface area contributed by atoms with Crippen molar-refractivity contribution in [3.05, 3.63) is 35.5 Å². The molecule has 1 aliphatic rings. The summed E-state index contributed by atoms with van der Waals surface area (Å²) in [4.78, 5) is 23.4. The molecule has 2 aromatic heterocycles. The van der Waals surface area contributed by atoms with Crippen LogP contribution >= 0.6 is 11.3 Å². The Kier molecular flexibility index (Phi) is 5.06. The molecule has 0 N–H and O–H groups in total. The van der Waals surface area contributed by atoms with E-state index < -0.39 is 0 Å². The van der Waals surface area contributed by atoms with Gasteiger partial charge in [-0.3, -0.25) is 9.78 Å². The number of pyridine rings is 1. The molecular formula is C18H23N3OS. The van der Waals surface area contributed by atoms with Crippen LogP contribution in [0.3, 0.4) is 0 Å². The average Bonchev–Trinajstić information content (AvgIpc) is 3.04. The topological polar surface area (TPSA) is 46.1 Å². The minimum Gasteiger partial charge on any atom is -0.342 e. The molecule has 0 aliphatic heterocycles. The number of hydrogen-bond acceptors (Lipinski definition) is 4. The van der Waals surface area contributed by atoms with Crippen molar-refractivity contribution in [2.45, 2.75) is 45.1 Å². The molecule has 0 aromatic carbocycles. The lowest BCUT2D eigenvalue weighted by Gasteiger charge is -2.36. The fraction of sp³-hybridized carbons (Fsp3) is 0.500. The predicted octanol–water partition coefficient (Wildman–Crippen LogP) is 3.78. The zero-order chi connectivity index (χ0) is 16.2. The Labute approximate surface area is 141 Å². The monoisotopic (exact) mass is 329 g/mol. The van der Waals surface area contributed by atoms with Crippen LogP contribution in [0.15, 0.2) is 29.8 Å². The van der Waals surface area contributed by atoms with E-state index in [-0.39, 0.29) is 5.91 Å². The third kappa shape index (κ3) is 3.78. The molecule has 5 heteroatoms. The third-order valence-corrected chi connectivity index (χ3v) is 5.64. The number of rotatable bonds is 4. The maximum atomic E-state index is 12.6. The summed E-state index contributed by atoms with van der Waals surface area (Å²) in [5.41, 5.74) is 1.71. The highest BCUT2D eigenvalue weighted by Crippen LogP contribution is 2.28. The maximum absolute atomic E-state index is 12.6. The molecule has 2 atom stereocenters. The van der Waals surface area contributed by atoms with Gasteiger partial charge in [-0.05, 0) is 30.9 Å². The van der Waals surface area contributed by atoms with Gasteiger partial charge in [0.2, 0.25) is 5.91 Å². The first kappa shape index (κ1) is 16.1. The van der Waals surface area contributed by atoms with Crippen molar-refractivity contribution in [3.8, 4) is 10.7 Å². The van der Waals surface area contributed by atoms with Gasteiger partial charge < -0.3 is 4.90 Å². The van der Waals surface area contributed by atoms with Crippen molar-refractivity contribution in [2.24, 2.45) is 5.92 Å². The van der Waals surface area contributed by atoms with E-state index >= 15 is 0 Å². The summed E-state index contributed by atoms with van der Waals surface area (Å²) in [5, 5.41) is 2.85. The van der Waals surface area contributed by atoms with Gasteiger partial charge in [0.15, 0.2) is 0 Å². The van der Waals surface area contributed by atoms with E-state index in [9.17, 15) is 4.79 Å². The highest BCUT2D eigenvalue weighted by molar-refractivity contribution is 7.13. The molecule has 0 spiro atoms. The van der Waals surface area contributed by atoms with Crippen LogP contribution in [0.2, 0.25) is 0 Å². The van der Waals surface area contributed by atoms with Crippen molar-refractivity contribution in [2.75, 3.05) is 7.05 Å². The van der Waals surface area contributed by atoms with Crippen molar-refractivity contribution in [1.29, 1.82) is 0 Å². The number of carbonyl (C=O) groups excluding carboxylic acids is 1. The highest BCUT2D eigenvalue weighted by atomic mass is 32.1. The number of hydrogen-bond donors (Lipinski definition) is 0. The number of carbonyl (C=O) groups is 1. The SMILES string of the molecule is CC1CCCCC1N(C)C(=O)Cc1csc(-c2ccccn2)n1. The fourth-order valence-electron chi connectivity index (χ4n) is 3.33. The van der Waals surface area contributed by atoms with Gasteiger partial charge in [0.05, 0.1) is 17.8 Å². The fourth-order valence-corrected chi connectivity index (χ4v) is 4.13. The smallest absolute Gasteiger partial charge is 0.228 e. The first-order valence-electron chi connectivity index (χ1n) is 8.26. The molecule has 1 fully saturated rings. The Morgan fingerprint density at radius 3 is 2.91 bits per heavy atom. The Hall–Kier alpha value is -1.75. The second kappa shape index (κ2) is 7.21. The predicted molar refractivity (Wildman–Crippen MR) is 93.2 cm³/mol. The first-order chi connectivity index (χ1) is 11.1. The molecule has 2 unspecified atom stereocenters. The number of thiazole rings is 1. The van der Waals surface area contributed by atoms with E-state index in [2.05, 4.69) is 16.9 Å². The van der Waals surface area contributed by atoms with Crippen molar-refractivity contribution in [1.82, 2.24) is 14.9 Å². The molecule has 0 bridgehead atoms. The molecule has 3 rings (SSSR count). The summed E-state index contributed by atoms with van der Waals surface area (Å²) in [5.74, 6) is 0.763. The standard InChI is InChI=1S/C18H23N3OS/c1-13-7-3-4-9-16(13)21(2)17(22)11-14-12-23-18(20-14)15-8-5-6-10-19-15/h5-6,8,10,12-13,16H,3-4,7,9,11H2,1-2H3. The lowest BCUT2D eigenvalue weighted by atomic mass is 9.85. The molecule has 1 amide bonds. The van der Waals surface area contributed by atoms with Gasteiger partial charge in [0, 0.05) is 24.7 Å². The Bertz CT molecular complexity index is 655. The zero-order valence-corrected chi connectivity index (χ0v) is 14.6. The highest BCUT2D eigenvalue weighted by Gasteiger charge is 2.28. The van der Waals surface area contributed by atoms with E-state index in [1.807, 2.05) is 35.5 Å². The van der Waals surface area contributed by atoms with E-state index in [0.717, 1.165) is 22.8 Å². The number of nitrogens with zero attached hydrogens (tertiary/aromatic N) is 3. The molecule has 4 nitrogen and oxygen atoms in total. The Morgan fingerprint density at radius 1 is 1.35 bits per heavy atom. The molecule has 1 aliphatic carbocycles. The first-order valence-corrected chi connectivity index (χ1v) is 9.14. The molecule has 1 saturated carbocycles. The Morgan fingerprint density at radius 2 is 2.17 bits per heavy atom. The summed E-state index contributed by atoms with van der Waals surface area (Å²) < 4.78 is 0. The van der Waals surface area contributed by atoms with Gasteiger partial charge in [-0.2, -0.15) is 0 Å². The van der Waals surface area contributed by atoms with Gasteiger partial charge in [-0.25, -0.2) is 4.98 Å². The molecule has 0 radical (unpaired) electrons. The normalized spacial score (nSPS) is 21.1. The lowest BCUT2D eigenvalue weighted by Crippen LogP contribution is -2.43. The molecular weight excluding hydrogens is 306 g/mol. The van der Waals surface area contributed by atoms with Gasteiger partial charge >= 0.3 is 0 Å². The van der Waals surface area contributed by atoms with E-state index in [1.54, 1.807) is 17.5 Å². The maximum Gasteiger partial charge on any atom is 0.228 e. The molecule has 122 valence electrons. The largest absolute Gasteiger partial charge is 0.342 e. The summed E-state index contributed by atoms with van der Waals surface area (Å²) in [7, 11) is 1.95. The lowest BCUT2D eigenvalue weighted by molar-refractivity contribution is -0.132. The van der Waals surface area contributed by atoms with Gasteiger partial charge in [-0.1, -0.05) is 25.8 Å². The molecule has 0 saturated heterocycles. The average molecular weight is 329 g/mol. The van der Waals surface area contributed by atoms with Crippen molar-refractivity contribution >= 4 is 17.2 Å². The minimum atomic E-state index is 0.168. The van der Waals surface area contributed by atoms with Crippen LogP contribution in [0.25, 0.3) is 10.7 Å². The van der Waals surface area contributed by atoms with Crippen LogP contribution in [-0.2, 0) is 11.2 Å². The van der Waals surface area contributed by atoms with E-state index in [0.29, 0.717) is 18.4 Å². The van der Waals surface area contributed by atoms with Crippen molar-refractivity contribution in [3.63, 3.8) is 0 Å². The number of likely N-dealkylation sites (N-methyl/N-ethyl adjacent to an activating group) is 1. The summed E-state index contributed by atoms with van der Waals surface area (Å²) >= 11 is 1.55. The molecule has 23 heavy (non-hydrogen) atoms. The molecule has 2 heterocycles. The van der Waals surface area contributed by atoms with Gasteiger partial charge in [0.25, 0.3) is 0 Å². The summed E-state index contributed by atoms with van der Waals surface area (Å²) in [6, 6.07) is 6.17. The van der Waals surface area contributed by atoms with Gasteiger partial charge in [0.1, 0.15) is 5.01 Å². The quantitative estimate of drug-likeness (QED) is 0.857. The van der Waals surface area contributed by atoms with Crippen LogP contribution in [0.1, 0.15) is 38.3 Å². The Balaban J connectivity index is 1.65. The van der Waals surface area contributed by atoms with Crippen LogP contribution in [-0.4, -0.2) is 33.9 Å². The van der Waals surface area contributed by atoms with Crippen LogP contribution < -0.4 is 0 Å². The van der Waals surface area contributed by atoms with Gasteiger partial charge in [-0.15, -0.1) is 11.3 Å². The minimum absolute atomic E-state index is 0.168. The molecule has 2 aromatic rings. The van der Waals surface area contributed by atoms with E-state index in [1.165, 1.54) is 19.3 Å². The summed E-state index contributed by atoms with van der Waals surface area (Å²) in [6.07, 6.45) is 7.01. The second-order valence-corrected chi connectivity index (χ2v) is 7.23.